The van der Waals surface area contributed by atoms with Crippen LogP contribution >= 0.6 is 0 Å². The first-order valence-electron chi connectivity index (χ1n) is 6.17. The van der Waals surface area contributed by atoms with Crippen LogP contribution in [0.4, 0.5) is 0 Å². The molecule has 0 spiro atoms. The number of carbonyl (C=O) groups is 1. The van der Waals surface area contributed by atoms with Gasteiger partial charge >= 0.3 is 5.97 Å². The molecule has 96 valence electrons. The molecule has 0 saturated heterocycles. The highest BCUT2D eigenvalue weighted by molar-refractivity contribution is 5.71. The average Bonchev–Trinajstić information content (AvgIpc) is 2.39. The molecule has 1 N–H and O–H groups in total. The minimum atomic E-state index is -1.13. The summed E-state index contributed by atoms with van der Waals surface area (Å²) in [5.74, 6) is -0.437. The summed E-state index contributed by atoms with van der Waals surface area (Å²) in [7, 11) is 1.34. The van der Waals surface area contributed by atoms with Crippen LogP contribution in [-0.4, -0.2) is 23.8 Å². The zero-order valence-electron chi connectivity index (χ0n) is 10.5. The number of benzene rings is 1. The van der Waals surface area contributed by atoms with Crippen LogP contribution in [0.25, 0.3) is 0 Å². The smallest absolute Gasteiger partial charge is 0.308 e. The van der Waals surface area contributed by atoms with E-state index in [0.717, 1.165) is 18.4 Å². The molecular weight excluding hydrogens is 228 g/mol. The van der Waals surface area contributed by atoms with Gasteiger partial charge < -0.3 is 9.84 Å². The van der Waals surface area contributed by atoms with E-state index >= 15 is 0 Å². The van der Waals surface area contributed by atoms with Gasteiger partial charge in [-0.25, -0.2) is 0 Å². The molecule has 0 radical (unpaired) electrons. The van der Waals surface area contributed by atoms with Crippen molar-refractivity contribution in [1.29, 1.82) is 0 Å². The van der Waals surface area contributed by atoms with E-state index in [1.807, 2.05) is 36.4 Å². The number of aliphatic hydroxyl groups is 1. The van der Waals surface area contributed by atoms with Crippen LogP contribution in [0, 0.1) is 0 Å². The molecule has 18 heavy (non-hydrogen) atoms. The first-order valence-corrected chi connectivity index (χ1v) is 6.17. The fourth-order valence-electron chi connectivity index (χ4n) is 2.54. The highest BCUT2D eigenvalue weighted by Crippen LogP contribution is 2.39. The summed E-state index contributed by atoms with van der Waals surface area (Å²) in [4.78, 5) is 11.4. The van der Waals surface area contributed by atoms with Crippen LogP contribution in [0.3, 0.4) is 0 Å². The number of hydrogen-bond acceptors (Lipinski definition) is 3. The molecule has 0 aliphatic heterocycles. The first kappa shape index (κ1) is 12.8. The Balaban J connectivity index is 2.28. The molecule has 3 heteroatoms. The van der Waals surface area contributed by atoms with Crippen LogP contribution < -0.4 is 0 Å². The maximum atomic E-state index is 11.4. The lowest BCUT2D eigenvalue weighted by Gasteiger charge is -2.36. The Hall–Kier alpha value is -1.61. The Morgan fingerprint density at radius 2 is 2.17 bits per heavy atom. The summed E-state index contributed by atoms with van der Waals surface area (Å²) in [6.07, 6.45) is 5.43. The first-order chi connectivity index (χ1) is 8.65. The van der Waals surface area contributed by atoms with Gasteiger partial charge in [-0.3, -0.25) is 4.79 Å². The predicted molar refractivity (Wildman–Crippen MR) is 69.1 cm³/mol. The lowest BCUT2D eigenvalue weighted by molar-refractivity contribution is -0.145. The van der Waals surface area contributed by atoms with Crippen LogP contribution in [0.15, 0.2) is 42.5 Å². The van der Waals surface area contributed by atoms with Crippen LogP contribution in [-0.2, 0) is 9.53 Å². The minimum Gasteiger partial charge on any atom is -0.469 e. The maximum absolute atomic E-state index is 11.4. The molecule has 3 nitrogen and oxygen atoms in total. The number of allylic oxidation sites excluding steroid dienone is 1. The predicted octanol–water partition coefficient (Wildman–Crippen LogP) is 2.41. The van der Waals surface area contributed by atoms with Gasteiger partial charge in [0.2, 0.25) is 0 Å². The lowest BCUT2D eigenvalue weighted by atomic mass is 9.74. The van der Waals surface area contributed by atoms with E-state index in [-0.39, 0.29) is 18.3 Å². The number of esters is 1. The molecular formula is C15H18O3. The van der Waals surface area contributed by atoms with Crippen molar-refractivity contribution in [2.75, 3.05) is 7.11 Å². The Kier molecular flexibility index (Phi) is 3.82. The molecule has 0 heterocycles. The molecule has 0 saturated carbocycles. The monoisotopic (exact) mass is 246 g/mol. The molecule has 0 amide bonds. The standard InChI is InChI=1S/C15H18O3/c1-18-14(16)11-15(17)10-6-5-9-13(15)12-7-3-2-4-8-12/h2-4,6-8,10,13,17H,5,9,11H2,1H3/t13-,15+/m1/s1. The quantitative estimate of drug-likeness (QED) is 0.658. The highest BCUT2D eigenvalue weighted by atomic mass is 16.5. The number of rotatable bonds is 3. The van der Waals surface area contributed by atoms with E-state index in [1.165, 1.54) is 7.11 Å². The number of methoxy groups -OCH3 is 1. The fraction of sp³-hybridized carbons (Fsp3) is 0.400. The Morgan fingerprint density at radius 3 is 2.83 bits per heavy atom. The molecule has 1 aromatic carbocycles. The van der Waals surface area contributed by atoms with Gasteiger partial charge in [-0.05, 0) is 18.4 Å². The van der Waals surface area contributed by atoms with Crippen molar-refractivity contribution in [2.24, 2.45) is 0 Å². The van der Waals surface area contributed by atoms with E-state index < -0.39 is 5.60 Å². The molecule has 1 aliphatic carbocycles. The van der Waals surface area contributed by atoms with Crippen LogP contribution in [0.2, 0.25) is 0 Å². The summed E-state index contributed by atoms with van der Waals surface area (Å²) in [6.45, 7) is 0. The average molecular weight is 246 g/mol. The van der Waals surface area contributed by atoms with Crippen molar-refractivity contribution in [1.82, 2.24) is 0 Å². The highest BCUT2D eigenvalue weighted by Gasteiger charge is 2.39. The van der Waals surface area contributed by atoms with E-state index in [2.05, 4.69) is 4.74 Å². The third kappa shape index (κ3) is 2.62. The fourth-order valence-corrected chi connectivity index (χ4v) is 2.54. The van der Waals surface area contributed by atoms with Crippen LogP contribution in [0.5, 0.6) is 0 Å². The second-order valence-corrected chi connectivity index (χ2v) is 4.69. The molecule has 1 aromatic rings. The largest absolute Gasteiger partial charge is 0.469 e. The van der Waals surface area contributed by atoms with Gasteiger partial charge in [0.05, 0.1) is 13.5 Å². The summed E-state index contributed by atoms with van der Waals surface area (Å²) in [5.41, 5.74) is -0.0690. The van der Waals surface area contributed by atoms with Gasteiger partial charge in [-0.1, -0.05) is 42.5 Å². The molecule has 2 atom stereocenters. The summed E-state index contributed by atoms with van der Waals surface area (Å²) < 4.78 is 4.67. The summed E-state index contributed by atoms with van der Waals surface area (Å²) >= 11 is 0. The van der Waals surface area contributed by atoms with E-state index in [9.17, 15) is 9.90 Å². The third-order valence-electron chi connectivity index (χ3n) is 3.49. The molecule has 0 unspecified atom stereocenters. The number of carbonyl (C=O) groups excluding carboxylic acids is 1. The Morgan fingerprint density at radius 1 is 1.44 bits per heavy atom. The van der Waals surface area contributed by atoms with Crippen molar-refractivity contribution in [3.8, 4) is 0 Å². The molecule has 0 bridgehead atoms. The summed E-state index contributed by atoms with van der Waals surface area (Å²) in [5, 5.41) is 10.7. The van der Waals surface area contributed by atoms with Gasteiger partial charge in [0.15, 0.2) is 0 Å². The topological polar surface area (TPSA) is 46.5 Å². The number of hydrogen-bond donors (Lipinski definition) is 1. The van der Waals surface area contributed by atoms with E-state index in [4.69, 9.17) is 0 Å². The second kappa shape index (κ2) is 5.36. The van der Waals surface area contributed by atoms with Crippen molar-refractivity contribution in [2.45, 2.75) is 30.8 Å². The third-order valence-corrected chi connectivity index (χ3v) is 3.49. The van der Waals surface area contributed by atoms with Crippen molar-refractivity contribution >= 4 is 5.97 Å². The molecule has 0 fully saturated rings. The lowest BCUT2D eigenvalue weighted by Crippen LogP contribution is -2.38. The second-order valence-electron chi connectivity index (χ2n) is 4.69. The Labute approximate surface area is 107 Å². The van der Waals surface area contributed by atoms with Crippen LogP contribution in [0.1, 0.15) is 30.7 Å². The van der Waals surface area contributed by atoms with Crippen molar-refractivity contribution in [3.63, 3.8) is 0 Å². The van der Waals surface area contributed by atoms with E-state index in [0.29, 0.717) is 0 Å². The molecule has 1 aliphatic rings. The minimum absolute atomic E-state index is 0.000436. The maximum Gasteiger partial charge on any atom is 0.308 e. The van der Waals surface area contributed by atoms with Gasteiger partial charge in [-0.2, -0.15) is 0 Å². The van der Waals surface area contributed by atoms with E-state index in [1.54, 1.807) is 6.08 Å². The number of ether oxygens (including phenoxy) is 1. The summed E-state index contributed by atoms with van der Waals surface area (Å²) in [6, 6.07) is 9.83. The zero-order chi connectivity index (χ0) is 13.0. The molecule has 2 rings (SSSR count). The zero-order valence-corrected chi connectivity index (χ0v) is 10.5. The Bertz CT molecular complexity index is 438. The van der Waals surface area contributed by atoms with Gasteiger partial charge in [0.25, 0.3) is 0 Å². The van der Waals surface area contributed by atoms with Crippen molar-refractivity contribution in [3.05, 3.63) is 48.0 Å². The van der Waals surface area contributed by atoms with Gasteiger partial charge in [-0.15, -0.1) is 0 Å². The molecule has 0 aromatic heterocycles. The van der Waals surface area contributed by atoms with Gasteiger partial charge in [0.1, 0.15) is 5.60 Å². The normalized spacial score (nSPS) is 26.9. The van der Waals surface area contributed by atoms with Gasteiger partial charge in [0, 0.05) is 5.92 Å². The van der Waals surface area contributed by atoms with Crippen molar-refractivity contribution < 1.29 is 14.6 Å². The SMILES string of the molecule is COC(=O)C[C@@]1(O)C=CCC[C@@H]1c1ccccc1.